The highest BCUT2D eigenvalue weighted by atomic mass is 32.2. The number of hydrogen-bond donors (Lipinski definition) is 1. The molecule has 0 aliphatic carbocycles. The van der Waals surface area contributed by atoms with Gasteiger partial charge in [0.2, 0.25) is 14.9 Å². The molecule has 0 amide bonds. The lowest BCUT2D eigenvalue weighted by Crippen LogP contribution is -2.14. The lowest BCUT2D eigenvalue weighted by Gasteiger charge is -2.11. The van der Waals surface area contributed by atoms with Crippen molar-refractivity contribution in [3.05, 3.63) is 68.9 Å². The van der Waals surface area contributed by atoms with E-state index in [1.54, 1.807) is 18.2 Å². The zero-order valence-electron chi connectivity index (χ0n) is 16.1. The van der Waals surface area contributed by atoms with Crippen molar-refractivity contribution in [2.45, 2.75) is 29.8 Å². The third kappa shape index (κ3) is 2.87. The molecule has 4 aromatic heterocycles. The Morgan fingerprint density at radius 1 is 1.07 bits per heavy atom. The van der Waals surface area contributed by atoms with Gasteiger partial charge in [0.05, 0.1) is 26.8 Å². The predicted molar refractivity (Wildman–Crippen MR) is 118 cm³/mol. The Labute approximate surface area is 180 Å². The Morgan fingerprint density at radius 3 is 2.63 bits per heavy atom. The minimum absolute atomic E-state index is 0.168. The van der Waals surface area contributed by atoms with Crippen LogP contribution in [0.25, 0.3) is 15.9 Å². The van der Waals surface area contributed by atoms with Crippen molar-refractivity contribution < 1.29 is 8.42 Å². The molecule has 4 heterocycles. The van der Waals surface area contributed by atoms with Gasteiger partial charge in [-0.15, -0.1) is 27.8 Å². The van der Waals surface area contributed by atoms with Gasteiger partial charge in [0.15, 0.2) is 5.65 Å². The highest BCUT2D eigenvalue weighted by Crippen LogP contribution is 2.34. The summed E-state index contributed by atoms with van der Waals surface area (Å²) in [6.45, 7) is 3.82. The summed E-state index contributed by atoms with van der Waals surface area (Å²) in [6, 6.07) is 10.3. The second-order valence-corrected chi connectivity index (χ2v) is 10.8. The molecule has 5 rings (SSSR count). The summed E-state index contributed by atoms with van der Waals surface area (Å²) in [7, 11) is -3.90. The van der Waals surface area contributed by atoms with E-state index >= 15 is 0 Å². The van der Waals surface area contributed by atoms with Gasteiger partial charge in [-0.2, -0.15) is 4.52 Å². The first-order valence-electron chi connectivity index (χ1n) is 9.12. The number of aromatic nitrogens is 4. The normalized spacial score (nSPS) is 13.3. The molecule has 2 N–H and O–H groups in total. The third-order valence-electron chi connectivity index (χ3n) is 5.14. The number of nitrogens with zero attached hydrogens (tertiary/aromatic N) is 4. The molecule has 1 aromatic carbocycles. The maximum atomic E-state index is 13.4. The van der Waals surface area contributed by atoms with Crippen molar-refractivity contribution in [2.24, 2.45) is 5.73 Å². The molecule has 0 bridgehead atoms. The number of fused-ring (bicyclic) bond motifs is 3. The fourth-order valence-corrected chi connectivity index (χ4v) is 6.28. The molecule has 30 heavy (non-hydrogen) atoms. The van der Waals surface area contributed by atoms with Crippen LogP contribution in [0.3, 0.4) is 0 Å². The zero-order chi connectivity index (χ0) is 21.0. The van der Waals surface area contributed by atoms with Gasteiger partial charge in [-0.05, 0) is 60.0 Å². The van der Waals surface area contributed by atoms with Gasteiger partial charge >= 0.3 is 0 Å². The van der Waals surface area contributed by atoms with E-state index in [1.807, 2.05) is 42.8 Å². The molecular formula is C20H17N5O2S3. The van der Waals surface area contributed by atoms with Gasteiger partial charge in [0, 0.05) is 4.88 Å². The summed E-state index contributed by atoms with van der Waals surface area (Å²) in [6.07, 6.45) is 0. The molecule has 1 atom stereocenters. The van der Waals surface area contributed by atoms with E-state index in [0.29, 0.717) is 5.69 Å². The van der Waals surface area contributed by atoms with Crippen LogP contribution >= 0.6 is 22.7 Å². The number of sulfone groups is 1. The average Bonchev–Trinajstić information content (AvgIpc) is 3.47. The van der Waals surface area contributed by atoms with Crippen molar-refractivity contribution in [3.8, 4) is 0 Å². The van der Waals surface area contributed by atoms with Crippen LogP contribution in [-0.4, -0.2) is 28.2 Å². The van der Waals surface area contributed by atoms with Crippen LogP contribution in [0.1, 0.15) is 27.7 Å². The molecule has 0 aliphatic rings. The largest absolute Gasteiger partial charge is 0.318 e. The summed E-state index contributed by atoms with van der Waals surface area (Å²) < 4.78 is 29.1. The summed E-state index contributed by atoms with van der Waals surface area (Å²) in [5, 5.41) is 11.8. The summed E-state index contributed by atoms with van der Waals surface area (Å²) in [5.74, 6) is 0. The molecule has 0 spiro atoms. The van der Waals surface area contributed by atoms with Gasteiger partial charge < -0.3 is 5.73 Å². The van der Waals surface area contributed by atoms with E-state index in [1.165, 1.54) is 27.2 Å². The van der Waals surface area contributed by atoms with Crippen LogP contribution in [0.2, 0.25) is 0 Å². The fraction of sp³-hybridized carbons (Fsp3) is 0.150. The molecule has 0 fully saturated rings. The van der Waals surface area contributed by atoms with Crippen LogP contribution in [0, 0.1) is 13.8 Å². The number of benzene rings is 1. The van der Waals surface area contributed by atoms with Crippen LogP contribution < -0.4 is 5.73 Å². The molecule has 0 aliphatic heterocycles. The van der Waals surface area contributed by atoms with Crippen molar-refractivity contribution in [1.82, 2.24) is 19.8 Å². The molecule has 0 saturated heterocycles. The molecule has 5 aromatic rings. The summed E-state index contributed by atoms with van der Waals surface area (Å²) in [4.78, 5) is 5.80. The van der Waals surface area contributed by atoms with E-state index in [9.17, 15) is 8.42 Å². The predicted octanol–water partition coefficient (Wildman–Crippen LogP) is 3.90. The Morgan fingerprint density at radius 2 is 1.90 bits per heavy atom. The Hall–Kier alpha value is -2.66. The van der Waals surface area contributed by atoms with Gasteiger partial charge in [0.25, 0.3) is 0 Å². The summed E-state index contributed by atoms with van der Waals surface area (Å²) in [5.41, 5.74) is 9.95. The second-order valence-electron chi connectivity index (χ2n) is 7.00. The van der Waals surface area contributed by atoms with E-state index in [4.69, 9.17) is 5.73 Å². The van der Waals surface area contributed by atoms with Crippen molar-refractivity contribution in [2.75, 3.05) is 0 Å². The first kappa shape index (κ1) is 19.3. The van der Waals surface area contributed by atoms with Gasteiger partial charge in [-0.25, -0.2) is 13.4 Å². The first-order chi connectivity index (χ1) is 14.4. The minimum Gasteiger partial charge on any atom is -0.318 e. The van der Waals surface area contributed by atoms with Crippen LogP contribution in [-0.2, 0) is 9.84 Å². The second kappa shape index (κ2) is 6.95. The molecule has 0 saturated carbocycles. The van der Waals surface area contributed by atoms with Crippen LogP contribution in [0.5, 0.6) is 0 Å². The number of aryl methyl sites for hydroxylation is 2. The first-order valence-corrected chi connectivity index (χ1v) is 12.4. The highest BCUT2D eigenvalue weighted by molar-refractivity contribution is 7.91. The number of thiophene rings is 2. The van der Waals surface area contributed by atoms with E-state index in [0.717, 1.165) is 26.2 Å². The standard InChI is InChI=1S/C20H17N5O2S3/c1-11-5-6-13(10-12(11)2)30(26,27)20-19-22-17(16(21)15-4-3-8-28-15)18-14(7-9-29-18)25(19)24-23-20/h3-10,16H,21H2,1-2H3. The molecule has 10 heteroatoms. The molecule has 7 nitrogen and oxygen atoms in total. The highest BCUT2D eigenvalue weighted by Gasteiger charge is 2.29. The zero-order valence-corrected chi connectivity index (χ0v) is 18.6. The smallest absolute Gasteiger partial charge is 0.229 e. The minimum atomic E-state index is -3.90. The topological polar surface area (TPSA) is 103 Å². The van der Waals surface area contributed by atoms with Gasteiger partial charge in [0.1, 0.15) is 0 Å². The van der Waals surface area contributed by atoms with Crippen molar-refractivity contribution in [3.63, 3.8) is 0 Å². The summed E-state index contributed by atoms with van der Waals surface area (Å²) >= 11 is 3.03. The average molecular weight is 456 g/mol. The molecule has 152 valence electrons. The van der Waals surface area contributed by atoms with Crippen molar-refractivity contribution >= 4 is 48.4 Å². The molecule has 0 radical (unpaired) electrons. The lowest BCUT2D eigenvalue weighted by atomic mass is 10.1. The SMILES string of the molecule is Cc1ccc(S(=O)(=O)c2nnn3c2nc(C(N)c2cccs2)c2sccc23)cc1C. The fourth-order valence-electron chi connectivity index (χ4n) is 3.33. The third-order valence-corrected chi connectivity index (χ3v) is 8.67. The van der Waals surface area contributed by atoms with Crippen molar-refractivity contribution in [1.29, 1.82) is 0 Å². The van der Waals surface area contributed by atoms with Gasteiger partial charge in [-0.3, -0.25) is 0 Å². The molecule has 1 unspecified atom stereocenters. The number of hydrogen-bond acceptors (Lipinski definition) is 8. The maximum Gasteiger partial charge on any atom is 0.229 e. The Balaban J connectivity index is 1.77. The number of rotatable bonds is 4. The van der Waals surface area contributed by atoms with E-state index < -0.39 is 15.9 Å². The number of nitrogens with two attached hydrogens (primary N) is 1. The maximum absolute atomic E-state index is 13.4. The quantitative estimate of drug-likeness (QED) is 0.441. The van der Waals surface area contributed by atoms with Crippen LogP contribution in [0.4, 0.5) is 0 Å². The Kier molecular flexibility index (Phi) is 4.47. The van der Waals surface area contributed by atoms with E-state index in [2.05, 4.69) is 15.3 Å². The lowest BCUT2D eigenvalue weighted by molar-refractivity contribution is 0.592. The van der Waals surface area contributed by atoms with E-state index in [-0.39, 0.29) is 15.6 Å². The van der Waals surface area contributed by atoms with Crippen LogP contribution in [0.15, 0.2) is 57.1 Å². The van der Waals surface area contributed by atoms with Gasteiger partial charge in [-0.1, -0.05) is 17.3 Å². The monoisotopic (exact) mass is 455 g/mol. The molecular weight excluding hydrogens is 438 g/mol. The Bertz CT molecular complexity index is 1500.